The second-order valence-corrected chi connectivity index (χ2v) is 6.86. The number of nitrogens with zero attached hydrogens (tertiary/aromatic N) is 2. The topological polar surface area (TPSA) is 92.6 Å². The van der Waals surface area contributed by atoms with Crippen LogP contribution in [0.5, 0.6) is 0 Å². The van der Waals surface area contributed by atoms with Gasteiger partial charge in [0.25, 0.3) is 17.5 Å². The zero-order valence-electron chi connectivity index (χ0n) is 16.7. The highest BCUT2D eigenvalue weighted by atomic mass is 19.4. The highest BCUT2D eigenvalue weighted by molar-refractivity contribution is 6.02. The predicted molar refractivity (Wildman–Crippen MR) is 103 cm³/mol. The first-order valence-corrected chi connectivity index (χ1v) is 8.87. The van der Waals surface area contributed by atoms with Gasteiger partial charge in [-0.25, -0.2) is 5.01 Å². The van der Waals surface area contributed by atoms with Gasteiger partial charge in [0.05, 0.1) is 4.92 Å². The maximum Gasteiger partial charge on any atom is 0.410 e. The van der Waals surface area contributed by atoms with Crippen LogP contribution in [-0.4, -0.2) is 34.0 Å². The number of hydrogen-bond acceptors (Lipinski definition) is 4. The molecule has 0 aliphatic rings. The molecule has 0 saturated carbocycles. The lowest BCUT2D eigenvalue weighted by molar-refractivity contribution is -0.385. The van der Waals surface area contributed by atoms with Gasteiger partial charge in [0.2, 0.25) is 0 Å². The smallest absolute Gasteiger partial charge is 0.267 e. The van der Waals surface area contributed by atoms with Gasteiger partial charge in [0, 0.05) is 11.6 Å². The molecule has 1 unspecified atom stereocenters. The summed E-state index contributed by atoms with van der Waals surface area (Å²) in [5, 5.41) is 11.4. The molecule has 1 N–H and O–H groups in total. The number of aryl methyl sites for hydroxylation is 2. The highest BCUT2D eigenvalue weighted by Gasteiger charge is 2.44. The molecule has 2 aromatic carbocycles. The number of nitrogens with one attached hydrogen (secondary N) is 1. The number of halogens is 3. The standard InChI is InChI=1S/C20H20F3N3O4/c1-11-8-9-17(26(29)30)16(10-11)19(28)25(14(4)20(21,22)23)24-18(27)15-7-5-6-12(2)13(15)3/h5-10,14H,1-4H3,(H,24,27). The third kappa shape index (κ3) is 4.76. The Bertz CT molecular complexity index is 1010. The third-order valence-electron chi connectivity index (χ3n) is 4.73. The maximum atomic E-state index is 13.4. The fraction of sp³-hybridized carbons (Fsp3) is 0.300. The number of nitro benzene ring substituents is 1. The lowest BCUT2D eigenvalue weighted by Crippen LogP contribution is -2.56. The van der Waals surface area contributed by atoms with E-state index in [4.69, 9.17) is 0 Å². The molecule has 0 fully saturated rings. The highest BCUT2D eigenvalue weighted by Crippen LogP contribution is 2.28. The quantitative estimate of drug-likeness (QED) is 0.588. The van der Waals surface area contributed by atoms with Gasteiger partial charge in [-0.3, -0.25) is 25.1 Å². The number of rotatable bonds is 4. The Labute approximate surface area is 170 Å². The van der Waals surface area contributed by atoms with Crippen molar-refractivity contribution in [3.05, 3.63) is 74.3 Å². The second-order valence-electron chi connectivity index (χ2n) is 6.86. The number of hydrazine groups is 1. The van der Waals surface area contributed by atoms with Gasteiger partial charge in [0.15, 0.2) is 0 Å². The fourth-order valence-electron chi connectivity index (χ4n) is 2.75. The van der Waals surface area contributed by atoms with Crippen molar-refractivity contribution in [3.8, 4) is 0 Å². The molecule has 160 valence electrons. The normalized spacial score (nSPS) is 12.2. The summed E-state index contributed by atoms with van der Waals surface area (Å²) in [7, 11) is 0. The van der Waals surface area contributed by atoms with Gasteiger partial charge < -0.3 is 0 Å². The summed E-state index contributed by atoms with van der Waals surface area (Å²) in [5.41, 5.74) is 2.56. The van der Waals surface area contributed by atoms with E-state index >= 15 is 0 Å². The summed E-state index contributed by atoms with van der Waals surface area (Å²) in [6.07, 6.45) is -4.89. The largest absolute Gasteiger partial charge is 0.410 e. The molecule has 2 amide bonds. The monoisotopic (exact) mass is 423 g/mol. The first-order chi connectivity index (χ1) is 13.8. The molecule has 0 bridgehead atoms. The molecule has 2 rings (SSSR count). The number of carbonyl (C=O) groups excluding carboxylic acids is 2. The lowest BCUT2D eigenvalue weighted by atomic mass is 10.0. The SMILES string of the molecule is Cc1ccc([N+](=O)[O-])c(C(=O)N(NC(=O)c2cccc(C)c2C)C(C)C(F)(F)F)c1. The van der Waals surface area contributed by atoms with Crippen LogP contribution in [0.3, 0.4) is 0 Å². The van der Waals surface area contributed by atoms with E-state index in [2.05, 4.69) is 0 Å². The number of carbonyl (C=O) groups is 2. The molecule has 0 aromatic heterocycles. The Balaban J connectivity index is 2.53. The van der Waals surface area contributed by atoms with E-state index in [1.165, 1.54) is 19.1 Å². The van der Waals surface area contributed by atoms with Gasteiger partial charge in [-0.1, -0.05) is 18.2 Å². The van der Waals surface area contributed by atoms with Crippen molar-refractivity contribution in [1.82, 2.24) is 10.4 Å². The third-order valence-corrected chi connectivity index (χ3v) is 4.73. The van der Waals surface area contributed by atoms with Crippen molar-refractivity contribution in [2.45, 2.75) is 39.9 Å². The predicted octanol–water partition coefficient (Wildman–Crippen LogP) is 4.26. The number of hydrogen-bond donors (Lipinski definition) is 1. The zero-order chi connectivity index (χ0) is 22.8. The average Bonchev–Trinajstić information content (AvgIpc) is 2.65. The van der Waals surface area contributed by atoms with Crippen LogP contribution in [0.15, 0.2) is 36.4 Å². The van der Waals surface area contributed by atoms with Gasteiger partial charge in [0.1, 0.15) is 11.6 Å². The molecular formula is C20H20F3N3O4. The van der Waals surface area contributed by atoms with Gasteiger partial charge in [-0.15, -0.1) is 0 Å². The van der Waals surface area contributed by atoms with E-state index in [1.54, 1.807) is 26.0 Å². The van der Waals surface area contributed by atoms with Crippen LogP contribution < -0.4 is 5.43 Å². The summed E-state index contributed by atoms with van der Waals surface area (Å²) in [6, 6.07) is 5.77. The Morgan fingerprint density at radius 2 is 1.73 bits per heavy atom. The molecule has 0 radical (unpaired) electrons. The van der Waals surface area contributed by atoms with Gasteiger partial charge >= 0.3 is 6.18 Å². The van der Waals surface area contributed by atoms with Crippen LogP contribution in [0.4, 0.5) is 18.9 Å². The second kappa shape index (κ2) is 8.52. The molecule has 0 heterocycles. The van der Waals surface area contributed by atoms with Crippen molar-refractivity contribution in [1.29, 1.82) is 0 Å². The molecule has 0 spiro atoms. The van der Waals surface area contributed by atoms with E-state index < -0.39 is 40.2 Å². The molecule has 7 nitrogen and oxygen atoms in total. The van der Waals surface area contributed by atoms with Crippen LogP contribution in [0.2, 0.25) is 0 Å². The minimum Gasteiger partial charge on any atom is -0.267 e. The van der Waals surface area contributed by atoms with E-state index in [9.17, 15) is 32.9 Å². The van der Waals surface area contributed by atoms with Crippen LogP contribution in [0, 0.1) is 30.9 Å². The van der Waals surface area contributed by atoms with E-state index in [1.807, 2.05) is 5.43 Å². The number of alkyl halides is 3. The molecule has 10 heteroatoms. The zero-order valence-corrected chi connectivity index (χ0v) is 16.7. The first kappa shape index (κ1) is 22.9. The fourth-order valence-corrected chi connectivity index (χ4v) is 2.75. The molecule has 0 aliphatic carbocycles. The molecule has 0 saturated heterocycles. The molecule has 1 atom stereocenters. The average molecular weight is 423 g/mol. The Hall–Kier alpha value is -3.43. The van der Waals surface area contributed by atoms with Gasteiger partial charge in [-0.2, -0.15) is 13.2 Å². The number of amides is 2. The van der Waals surface area contributed by atoms with Crippen LogP contribution >= 0.6 is 0 Å². The van der Waals surface area contributed by atoms with Crippen molar-refractivity contribution in [3.63, 3.8) is 0 Å². The summed E-state index contributed by atoms with van der Waals surface area (Å²) in [6.45, 7) is 5.56. The van der Waals surface area contributed by atoms with Crippen molar-refractivity contribution in [2.75, 3.05) is 0 Å². The van der Waals surface area contributed by atoms with E-state index in [0.717, 1.165) is 17.7 Å². The van der Waals surface area contributed by atoms with E-state index in [0.29, 0.717) is 18.1 Å². The van der Waals surface area contributed by atoms with Gasteiger partial charge in [-0.05, 0) is 56.5 Å². The van der Waals surface area contributed by atoms with Crippen LogP contribution in [0.25, 0.3) is 0 Å². The Morgan fingerprint density at radius 3 is 2.30 bits per heavy atom. The first-order valence-electron chi connectivity index (χ1n) is 8.87. The number of benzene rings is 2. The van der Waals surface area contributed by atoms with Crippen LogP contribution in [0.1, 0.15) is 44.3 Å². The summed E-state index contributed by atoms with van der Waals surface area (Å²) >= 11 is 0. The Kier molecular flexibility index (Phi) is 6.49. The van der Waals surface area contributed by atoms with Crippen molar-refractivity contribution < 1.29 is 27.7 Å². The summed E-state index contributed by atoms with van der Waals surface area (Å²) < 4.78 is 40.3. The summed E-state index contributed by atoms with van der Waals surface area (Å²) in [4.78, 5) is 36.0. The van der Waals surface area contributed by atoms with Crippen LogP contribution in [-0.2, 0) is 0 Å². The Morgan fingerprint density at radius 1 is 1.10 bits per heavy atom. The molecule has 2 aromatic rings. The molecule has 30 heavy (non-hydrogen) atoms. The maximum absolute atomic E-state index is 13.4. The minimum atomic E-state index is -4.89. The molecule has 0 aliphatic heterocycles. The number of nitro groups is 1. The lowest BCUT2D eigenvalue weighted by Gasteiger charge is -2.31. The van der Waals surface area contributed by atoms with Crippen molar-refractivity contribution in [2.24, 2.45) is 0 Å². The van der Waals surface area contributed by atoms with E-state index in [-0.39, 0.29) is 10.6 Å². The summed E-state index contributed by atoms with van der Waals surface area (Å²) in [5.74, 6) is -2.27. The minimum absolute atomic E-state index is 0.0842. The van der Waals surface area contributed by atoms with Crippen molar-refractivity contribution >= 4 is 17.5 Å². The molecular weight excluding hydrogens is 403 g/mol.